The van der Waals surface area contributed by atoms with Gasteiger partial charge in [-0.1, -0.05) is 45.7 Å². The molecule has 0 radical (unpaired) electrons. The first-order valence-electron chi connectivity index (χ1n) is 3.44. The number of ether oxygens (including phenoxy) is 1. The molecule has 0 saturated heterocycles. The highest BCUT2D eigenvalue weighted by Gasteiger charge is 2.10. The van der Waals surface area contributed by atoms with Crippen molar-refractivity contribution in [3.05, 3.63) is 0 Å². The molecule has 0 heterocycles. The average molecular weight is 288 g/mol. The number of alkyl halides is 2. The van der Waals surface area contributed by atoms with Gasteiger partial charge in [0.05, 0.1) is 10.7 Å². The molecule has 0 amide bonds. The van der Waals surface area contributed by atoms with Gasteiger partial charge in [0, 0.05) is 5.33 Å². The standard InChI is InChI=1S/C7H12Br2O2/c1-5(2)7(10)11-4-6(9)3-8/h5-6H,3-4H2,1-2H3/t6-/m0/s1. The van der Waals surface area contributed by atoms with E-state index in [9.17, 15) is 4.79 Å². The van der Waals surface area contributed by atoms with Crippen LogP contribution in [0.4, 0.5) is 0 Å². The summed E-state index contributed by atoms with van der Waals surface area (Å²) < 4.78 is 4.94. The van der Waals surface area contributed by atoms with Gasteiger partial charge in [0.2, 0.25) is 0 Å². The predicted octanol–water partition coefficient (Wildman–Crippen LogP) is 2.34. The van der Waals surface area contributed by atoms with E-state index in [1.165, 1.54) is 0 Å². The van der Waals surface area contributed by atoms with Crippen molar-refractivity contribution in [2.24, 2.45) is 5.92 Å². The van der Waals surface area contributed by atoms with E-state index in [1.807, 2.05) is 13.8 Å². The zero-order valence-corrected chi connectivity index (χ0v) is 9.81. The van der Waals surface area contributed by atoms with Crippen molar-refractivity contribution in [2.75, 3.05) is 11.9 Å². The number of esters is 1. The first-order valence-corrected chi connectivity index (χ1v) is 5.48. The Hall–Kier alpha value is 0.430. The molecule has 11 heavy (non-hydrogen) atoms. The van der Waals surface area contributed by atoms with Crippen molar-refractivity contribution >= 4 is 37.8 Å². The summed E-state index contributed by atoms with van der Waals surface area (Å²) in [5.41, 5.74) is 0. The molecule has 0 saturated carbocycles. The Morgan fingerprint density at radius 3 is 2.45 bits per heavy atom. The van der Waals surface area contributed by atoms with E-state index in [4.69, 9.17) is 4.74 Å². The lowest BCUT2D eigenvalue weighted by Crippen LogP contribution is -2.18. The van der Waals surface area contributed by atoms with Crippen LogP contribution in [-0.4, -0.2) is 22.7 Å². The fourth-order valence-electron chi connectivity index (χ4n) is 0.384. The minimum atomic E-state index is -0.143. The molecule has 0 aromatic carbocycles. The summed E-state index contributed by atoms with van der Waals surface area (Å²) in [7, 11) is 0. The zero-order valence-electron chi connectivity index (χ0n) is 6.64. The van der Waals surface area contributed by atoms with E-state index < -0.39 is 0 Å². The maximum Gasteiger partial charge on any atom is 0.308 e. The van der Waals surface area contributed by atoms with Crippen molar-refractivity contribution in [3.63, 3.8) is 0 Å². The number of halogens is 2. The summed E-state index contributed by atoms with van der Waals surface area (Å²) in [6.07, 6.45) is 0. The summed E-state index contributed by atoms with van der Waals surface area (Å²) in [4.78, 5) is 11.1. The Kier molecular flexibility index (Phi) is 6.24. The first kappa shape index (κ1) is 11.4. The fraction of sp³-hybridized carbons (Fsp3) is 0.857. The van der Waals surface area contributed by atoms with Crippen LogP contribution in [0.5, 0.6) is 0 Å². The van der Waals surface area contributed by atoms with Crippen molar-refractivity contribution in [3.8, 4) is 0 Å². The Balaban J connectivity index is 3.46. The van der Waals surface area contributed by atoms with Gasteiger partial charge in [-0.05, 0) is 0 Å². The van der Waals surface area contributed by atoms with Gasteiger partial charge in [-0.15, -0.1) is 0 Å². The summed E-state index contributed by atoms with van der Waals surface area (Å²) in [5, 5.41) is 0.790. The third kappa shape index (κ3) is 5.67. The second-order valence-corrected chi connectivity index (χ2v) is 4.48. The molecule has 0 aliphatic carbocycles. The maximum atomic E-state index is 10.9. The molecule has 0 aliphatic rings. The second kappa shape index (κ2) is 6.00. The van der Waals surface area contributed by atoms with Crippen molar-refractivity contribution in [2.45, 2.75) is 18.7 Å². The summed E-state index contributed by atoms with van der Waals surface area (Å²) in [6.45, 7) is 4.07. The topological polar surface area (TPSA) is 26.3 Å². The van der Waals surface area contributed by atoms with Crippen LogP contribution >= 0.6 is 31.9 Å². The molecule has 0 bridgehead atoms. The molecule has 1 atom stereocenters. The lowest BCUT2D eigenvalue weighted by molar-refractivity contribution is -0.147. The lowest BCUT2D eigenvalue weighted by atomic mass is 10.2. The first-order chi connectivity index (χ1) is 5.07. The molecule has 0 aromatic heterocycles. The van der Waals surface area contributed by atoms with Gasteiger partial charge < -0.3 is 4.74 Å². The molecule has 0 spiro atoms. The van der Waals surface area contributed by atoms with E-state index in [-0.39, 0.29) is 16.7 Å². The van der Waals surface area contributed by atoms with Gasteiger partial charge >= 0.3 is 5.97 Å². The predicted molar refractivity (Wildman–Crippen MR) is 52.3 cm³/mol. The zero-order chi connectivity index (χ0) is 8.85. The molecule has 0 N–H and O–H groups in total. The molecule has 0 aliphatic heterocycles. The van der Waals surface area contributed by atoms with Crippen molar-refractivity contribution in [1.82, 2.24) is 0 Å². The number of hydrogen-bond acceptors (Lipinski definition) is 2. The minimum absolute atomic E-state index is 0.0370. The second-order valence-electron chi connectivity index (χ2n) is 2.54. The number of carbonyl (C=O) groups is 1. The molecule has 0 unspecified atom stereocenters. The third-order valence-electron chi connectivity index (χ3n) is 1.05. The minimum Gasteiger partial charge on any atom is -0.464 e. The van der Waals surface area contributed by atoms with Crippen LogP contribution in [0, 0.1) is 5.92 Å². The SMILES string of the molecule is CC(C)C(=O)OC[C@@H](Br)CBr. The van der Waals surface area contributed by atoms with E-state index in [0.29, 0.717) is 6.61 Å². The summed E-state index contributed by atoms with van der Waals surface area (Å²) >= 11 is 6.59. The highest BCUT2D eigenvalue weighted by Crippen LogP contribution is 2.05. The number of hydrogen-bond donors (Lipinski definition) is 0. The summed E-state index contributed by atoms with van der Waals surface area (Å²) in [6, 6.07) is 0. The van der Waals surface area contributed by atoms with Gasteiger partial charge in [0.25, 0.3) is 0 Å². The van der Waals surface area contributed by atoms with Gasteiger partial charge in [0.1, 0.15) is 6.61 Å². The number of rotatable bonds is 4. The van der Waals surface area contributed by atoms with Gasteiger partial charge in [-0.3, -0.25) is 4.79 Å². The maximum absolute atomic E-state index is 10.9. The quantitative estimate of drug-likeness (QED) is 0.586. The molecule has 0 rings (SSSR count). The Bertz CT molecular complexity index is 126. The van der Waals surface area contributed by atoms with Gasteiger partial charge in [-0.25, -0.2) is 0 Å². The fourth-order valence-corrected chi connectivity index (χ4v) is 0.703. The van der Waals surface area contributed by atoms with Crippen LogP contribution in [0.3, 0.4) is 0 Å². The molecule has 4 heteroatoms. The highest BCUT2D eigenvalue weighted by atomic mass is 79.9. The van der Waals surface area contributed by atoms with Crippen LogP contribution in [0.25, 0.3) is 0 Å². The van der Waals surface area contributed by atoms with Gasteiger partial charge in [0.15, 0.2) is 0 Å². The van der Waals surface area contributed by atoms with Crippen LogP contribution in [-0.2, 0) is 9.53 Å². The van der Waals surface area contributed by atoms with Crippen LogP contribution < -0.4 is 0 Å². The largest absolute Gasteiger partial charge is 0.464 e. The van der Waals surface area contributed by atoms with Gasteiger partial charge in [-0.2, -0.15) is 0 Å². The summed E-state index contributed by atoms with van der Waals surface area (Å²) in [5.74, 6) is -0.180. The lowest BCUT2D eigenvalue weighted by Gasteiger charge is -2.09. The Morgan fingerprint density at radius 2 is 2.09 bits per heavy atom. The van der Waals surface area contributed by atoms with E-state index in [1.54, 1.807) is 0 Å². The van der Waals surface area contributed by atoms with E-state index >= 15 is 0 Å². The van der Waals surface area contributed by atoms with Crippen molar-refractivity contribution < 1.29 is 9.53 Å². The smallest absolute Gasteiger partial charge is 0.308 e. The molecule has 66 valence electrons. The monoisotopic (exact) mass is 286 g/mol. The van der Waals surface area contributed by atoms with Crippen molar-refractivity contribution in [1.29, 1.82) is 0 Å². The van der Waals surface area contributed by atoms with Crippen LogP contribution in [0.2, 0.25) is 0 Å². The Morgan fingerprint density at radius 1 is 1.55 bits per heavy atom. The molecular weight excluding hydrogens is 276 g/mol. The molecule has 0 fully saturated rings. The molecule has 0 aromatic rings. The number of carbonyl (C=O) groups excluding carboxylic acids is 1. The molecular formula is C7H12Br2O2. The Labute approximate surface area is 83.9 Å². The van der Waals surface area contributed by atoms with E-state index in [2.05, 4.69) is 31.9 Å². The highest BCUT2D eigenvalue weighted by molar-refractivity contribution is 9.12. The average Bonchev–Trinajstić information content (AvgIpc) is 1.99. The van der Waals surface area contributed by atoms with E-state index in [0.717, 1.165) is 5.33 Å². The normalized spacial score (nSPS) is 13.2. The van der Waals surface area contributed by atoms with Crippen LogP contribution in [0.1, 0.15) is 13.8 Å². The third-order valence-corrected chi connectivity index (χ3v) is 3.28. The molecule has 2 nitrogen and oxygen atoms in total. The van der Waals surface area contributed by atoms with Crippen LogP contribution in [0.15, 0.2) is 0 Å².